The molecule has 0 saturated heterocycles. The van der Waals surface area contributed by atoms with Crippen LogP contribution in [-0.4, -0.2) is 41.0 Å². The van der Waals surface area contributed by atoms with Crippen LogP contribution in [-0.2, 0) is 18.9 Å². The van der Waals surface area contributed by atoms with Crippen LogP contribution in [0.1, 0.15) is 84.5 Å². The molecule has 0 amide bonds. The quantitative estimate of drug-likeness (QED) is 0.256. The number of rotatable bonds is 17. The molecule has 4 heteroatoms. The number of hydrogen-bond acceptors (Lipinski definition) is 4. The molecule has 4 nitrogen and oxygen atoms in total. The highest BCUT2D eigenvalue weighted by atomic mass is 16.9. The summed E-state index contributed by atoms with van der Waals surface area (Å²) in [5.41, 5.74) is -0.136. The number of hydrogen-bond donors (Lipinski definition) is 0. The van der Waals surface area contributed by atoms with E-state index in [4.69, 9.17) is 18.9 Å². The Hall–Kier alpha value is -0.160. The van der Waals surface area contributed by atoms with Crippen molar-refractivity contribution in [3.8, 4) is 0 Å². The summed E-state index contributed by atoms with van der Waals surface area (Å²) in [6.45, 7) is 5.24. The summed E-state index contributed by atoms with van der Waals surface area (Å²) < 4.78 is 22.7. The number of ether oxygens (including phenoxy) is 4. The SMILES string of the molecule is CCCCCCCCC(CCC)(CCCOC)C(OC)(OC)OC. The molecule has 0 rings (SSSR count). The summed E-state index contributed by atoms with van der Waals surface area (Å²) in [5, 5.41) is 0. The first kappa shape index (κ1) is 23.8. The number of methoxy groups -OCH3 is 4. The maximum atomic E-state index is 5.80. The second kappa shape index (κ2) is 14.1. The van der Waals surface area contributed by atoms with E-state index >= 15 is 0 Å². The molecule has 0 saturated carbocycles. The summed E-state index contributed by atoms with van der Waals surface area (Å²) in [4.78, 5) is 0. The summed E-state index contributed by atoms with van der Waals surface area (Å²) in [6.07, 6.45) is 12.9. The van der Waals surface area contributed by atoms with Gasteiger partial charge in [-0.3, -0.25) is 0 Å². The summed E-state index contributed by atoms with van der Waals surface area (Å²) in [5.74, 6) is -0.972. The molecule has 0 radical (unpaired) electrons. The molecule has 0 heterocycles. The molecule has 0 N–H and O–H groups in total. The lowest BCUT2D eigenvalue weighted by Gasteiger charge is -2.47. The molecular formula is C20H42O4. The van der Waals surface area contributed by atoms with E-state index in [1.165, 1.54) is 38.5 Å². The van der Waals surface area contributed by atoms with Crippen molar-refractivity contribution in [3.05, 3.63) is 0 Å². The second-order valence-corrected chi connectivity index (χ2v) is 6.81. The van der Waals surface area contributed by atoms with Gasteiger partial charge in [-0.1, -0.05) is 58.8 Å². The molecule has 1 unspecified atom stereocenters. The van der Waals surface area contributed by atoms with E-state index in [2.05, 4.69) is 13.8 Å². The molecule has 1 atom stereocenters. The van der Waals surface area contributed by atoms with Crippen molar-refractivity contribution < 1.29 is 18.9 Å². The van der Waals surface area contributed by atoms with Crippen LogP contribution >= 0.6 is 0 Å². The lowest BCUT2D eigenvalue weighted by atomic mass is 9.72. The highest BCUT2D eigenvalue weighted by Gasteiger charge is 2.52. The van der Waals surface area contributed by atoms with E-state index < -0.39 is 5.97 Å². The summed E-state index contributed by atoms with van der Waals surface area (Å²) >= 11 is 0. The molecule has 0 spiro atoms. The van der Waals surface area contributed by atoms with E-state index in [9.17, 15) is 0 Å². The van der Waals surface area contributed by atoms with Gasteiger partial charge in [-0.05, 0) is 25.7 Å². The molecule has 24 heavy (non-hydrogen) atoms. The maximum absolute atomic E-state index is 5.80. The van der Waals surface area contributed by atoms with Gasteiger partial charge in [0, 0.05) is 35.0 Å². The fourth-order valence-electron chi connectivity index (χ4n) is 4.01. The van der Waals surface area contributed by atoms with Crippen LogP contribution in [0.4, 0.5) is 0 Å². The fourth-order valence-corrected chi connectivity index (χ4v) is 4.01. The zero-order valence-electron chi connectivity index (χ0n) is 17.1. The minimum absolute atomic E-state index is 0.136. The average molecular weight is 347 g/mol. The molecule has 0 aliphatic heterocycles. The van der Waals surface area contributed by atoms with Gasteiger partial charge < -0.3 is 18.9 Å². The Balaban J connectivity index is 5.05. The van der Waals surface area contributed by atoms with Crippen LogP contribution in [0.2, 0.25) is 0 Å². The fraction of sp³-hybridized carbons (Fsp3) is 1.00. The van der Waals surface area contributed by atoms with Gasteiger partial charge in [0.05, 0.1) is 5.41 Å². The minimum atomic E-state index is -0.972. The van der Waals surface area contributed by atoms with Gasteiger partial charge in [0.2, 0.25) is 0 Å². The van der Waals surface area contributed by atoms with Crippen LogP contribution in [0, 0.1) is 5.41 Å². The predicted molar refractivity (Wildman–Crippen MR) is 100 cm³/mol. The van der Waals surface area contributed by atoms with Gasteiger partial charge >= 0.3 is 0 Å². The van der Waals surface area contributed by atoms with Crippen molar-refractivity contribution in [2.75, 3.05) is 35.0 Å². The van der Waals surface area contributed by atoms with E-state index in [0.717, 1.165) is 38.7 Å². The Bertz CT molecular complexity index is 271. The van der Waals surface area contributed by atoms with E-state index in [1.54, 1.807) is 28.4 Å². The summed E-state index contributed by atoms with van der Waals surface area (Å²) in [7, 11) is 6.82. The van der Waals surface area contributed by atoms with E-state index in [-0.39, 0.29) is 5.41 Å². The normalized spacial score (nSPS) is 14.8. The van der Waals surface area contributed by atoms with Crippen LogP contribution in [0.5, 0.6) is 0 Å². The first-order valence-corrected chi connectivity index (χ1v) is 9.76. The smallest absolute Gasteiger partial charge is 0.288 e. The van der Waals surface area contributed by atoms with Crippen molar-refractivity contribution in [3.63, 3.8) is 0 Å². The van der Waals surface area contributed by atoms with Gasteiger partial charge in [-0.25, -0.2) is 0 Å². The zero-order valence-corrected chi connectivity index (χ0v) is 17.1. The lowest BCUT2D eigenvalue weighted by molar-refractivity contribution is -0.411. The summed E-state index contributed by atoms with van der Waals surface area (Å²) in [6, 6.07) is 0. The maximum Gasteiger partial charge on any atom is 0.288 e. The van der Waals surface area contributed by atoms with Gasteiger partial charge in [-0.15, -0.1) is 0 Å². The van der Waals surface area contributed by atoms with Crippen molar-refractivity contribution in [1.82, 2.24) is 0 Å². The molecule has 0 aliphatic rings. The Labute approximate surface area is 150 Å². The molecule has 0 aromatic carbocycles. The Morgan fingerprint density at radius 1 is 0.583 bits per heavy atom. The number of unbranched alkanes of at least 4 members (excludes halogenated alkanes) is 5. The third kappa shape index (κ3) is 6.99. The largest absolute Gasteiger partial charge is 0.385 e. The van der Waals surface area contributed by atoms with Gasteiger partial charge in [-0.2, -0.15) is 0 Å². The standard InChI is InChI=1S/C20H42O4/c1-7-9-10-11-12-13-16-19(15-8-2,17-14-18-21-3)20(22-4,23-5)24-6/h7-18H2,1-6H3. The third-order valence-corrected chi connectivity index (χ3v) is 5.20. The van der Waals surface area contributed by atoms with E-state index in [0.29, 0.717) is 0 Å². The van der Waals surface area contributed by atoms with Gasteiger partial charge in [0.15, 0.2) is 0 Å². The van der Waals surface area contributed by atoms with Crippen molar-refractivity contribution in [2.24, 2.45) is 5.41 Å². The Morgan fingerprint density at radius 3 is 1.62 bits per heavy atom. The first-order chi connectivity index (χ1) is 11.6. The minimum Gasteiger partial charge on any atom is -0.385 e. The molecule has 0 fully saturated rings. The molecule has 0 aromatic heterocycles. The van der Waals surface area contributed by atoms with Gasteiger partial charge in [0.25, 0.3) is 5.97 Å². The monoisotopic (exact) mass is 346 g/mol. The zero-order chi connectivity index (χ0) is 18.3. The van der Waals surface area contributed by atoms with Crippen molar-refractivity contribution >= 4 is 0 Å². The van der Waals surface area contributed by atoms with Crippen LogP contribution in [0.15, 0.2) is 0 Å². The van der Waals surface area contributed by atoms with Crippen molar-refractivity contribution in [2.45, 2.75) is 90.4 Å². The lowest BCUT2D eigenvalue weighted by Crippen LogP contribution is -2.53. The average Bonchev–Trinajstić information content (AvgIpc) is 2.60. The molecule has 0 aliphatic carbocycles. The van der Waals surface area contributed by atoms with Crippen LogP contribution < -0.4 is 0 Å². The molecular weight excluding hydrogens is 304 g/mol. The topological polar surface area (TPSA) is 36.9 Å². The molecule has 0 aromatic rings. The third-order valence-electron chi connectivity index (χ3n) is 5.20. The molecule has 146 valence electrons. The second-order valence-electron chi connectivity index (χ2n) is 6.81. The van der Waals surface area contributed by atoms with Gasteiger partial charge in [0.1, 0.15) is 0 Å². The van der Waals surface area contributed by atoms with Crippen molar-refractivity contribution in [1.29, 1.82) is 0 Å². The first-order valence-electron chi connectivity index (χ1n) is 9.76. The molecule has 0 bridgehead atoms. The van der Waals surface area contributed by atoms with Crippen LogP contribution in [0.3, 0.4) is 0 Å². The highest BCUT2D eigenvalue weighted by molar-refractivity contribution is 4.88. The Kier molecular flexibility index (Phi) is 14.0. The van der Waals surface area contributed by atoms with E-state index in [1.807, 2.05) is 0 Å². The highest BCUT2D eigenvalue weighted by Crippen LogP contribution is 2.48. The Morgan fingerprint density at radius 2 is 1.12 bits per heavy atom. The van der Waals surface area contributed by atoms with Crippen LogP contribution in [0.25, 0.3) is 0 Å². The predicted octanol–water partition coefficient (Wildman–Crippen LogP) is 5.54.